The van der Waals surface area contributed by atoms with Gasteiger partial charge in [-0.3, -0.25) is 9.59 Å². The summed E-state index contributed by atoms with van der Waals surface area (Å²) in [6.45, 7) is -0.0541. The number of esters is 1. The van der Waals surface area contributed by atoms with Crippen molar-refractivity contribution in [1.82, 2.24) is 10.2 Å². The Morgan fingerprint density at radius 2 is 1.54 bits per heavy atom. The van der Waals surface area contributed by atoms with Crippen LogP contribution in [0.15, 0.2) is 78.9 Å². The fraction of sp³-hybridized carbons (Fsp3) is 0.290. The van der Waals surface area contributed by atoms with E-state index in [1.54, 1.807) is 12.1 Å². The van der Waals surface area contributed by atoms with Gasteiger partial charge in [0.15, 0.2) is 6.10 Å². The molecule has 0 spiro atoms. The van der Waals surface area contributed by atoms with E-state index in [4.69, 9.17) is 14.2 Å². The van der Waals surface area contributed by atoms with E-state index < -0.39 is 42.5 Å². The Labute approximate surface area is 236 Å². The molecule has 10 heteroatoms. The Hall–Kier alpha value is -4.70. The van der Waals surface area contributed by atoms with E-state index in [2.05, 4.69) is 5.32 Å². The number of rotatable bonds is 9. The van der Waals surface area contributed by atoms with Crippen LogP contribution in [0.2, 0.25) is 0 Å². The predicted molar refractivity (Wildman–Crippen MR) is 147 cm³/mol. The average molecular weight is 559 g/mol. The zero-order chi connectivity index (χ0) is 28.8. The second-order valence-electron chi connectivity index (χ2n) is 9.85. The maximum atomic E-state index is 13.4. The summed E-state index contributed by atoms with van der Waals surface area (Å²) >= 11 is 0. The summed E-state index contributed by atoms with van der Waals surface area (Å²) in [5.74, 6) is -2.71. The van der Waals surface area contributed by atoms with Gasteiger partial charge in [0.25, 0.3) is 0 Å². The van der Waals surface area contributed by atoms with Gasteiger partial charge >= 0.3 is 18.0 Å². The largest absolute Gasteiger partial charge is 0.479 e. The van der Waals surface area contributed by atoms with Crippen LogP contribution in [0.4, 0.5) is 4.79 Å². The average Bonchev–Trinajstić information content (AvgIpc) is 3.32. The minimum atomic E-state index is -1.32. The number of carboxylic acid groups (broad SMARTS) is 1. The van der Waals surface area contributed by atoms with Crippen LogP contribution in [0.3, 0.4) is 0 Å². The highest BCUT2D eigenvalue weighted by Crippen LogP contribution is 2.44. The molecule has 2 atom stereocenters. The highest BCUT2D eigenvalue weighted by atomic mass is 16.6. The van der Waals surface area contributed by atoms with Crippen molar-refractivity contribution in [3.05, 3.63) is 95.6 Å². The van der Waals surface area contributed by atoms with Crippen molar-refractivity contribution in [2.24, 2.45) is 0 Å². The Kier molecular flexibility index (Phi) is 8.59. The number of morpholine rings is 1. The van der Waals surface area contributed by atoms with Gasteiger partial charge in [-0.05, 0) is 27.8 Å². The molecule has 2 N–H and O–H groups in total. The van der Waals surface area contributed by atoms with Gasteiger partial charge in [-0.15, -0.1) is 0 Å². The lowest BCUT2D eigenvalue weighted by Gasteiger charge is -2.33. The van der Waals surface area contributed by atoms with Gasteiger partial charge < -0.3 is 29.5 Å². The summed E-state index contributed by atoms with van der Waals surface area (Å²) in [5.41, 5.74) is 4.99. The second-order valence-corrected chi connectivity index (χ2v) is 9.85. The van der Waals surface area contributed by atoms with Crippen LogP contribution < -0.4 is 5.32 Å². The molecule has 2 amide bonds. The zero-order valence-electron chi connectivity index (χ0n) is 22.2. The molecule has 10 nitrogen and oxygen atoms in total. The smallest absolute Gasteiger partial charge is 0.407 e. The van der Waals surface area contributed by atoms with E-state index in [1.807, 2.05) is 66.7 Å². The molecule has 0 bridgehead atoms. The number of carbonyl (C=O) groups excluding carboxylic acids is 3. The molecule has 1 fully saturated rings. The number of fused-ring (bicyclic) bond motifs is 3. The van der Waals surface area contributed by atoms with E-state index in [0.29, 0.717) is 0 Å². The van der Waals surface area contributed by atoms with E-state index in [1.165, 1.54) is 4.90 Å². The lowest BCUT2D eigenvalue weighted by molar-refractivity contribution is -0.161. The number of aliphatic carboxylic acids is 1. The number of ether oxygens (including phenoxy) is 3. The van der Waals surface area contributed by atoms with Crippen LogP contribution >= 0.6 is 0 Å². The first kappa shape index (κ1) is 27.9. The zero-order valence-corrected chi connectivity index (χ0v) is 22.2. The molecule has 1 heterocycles. The topological polar surface area (TPSA) is 131 Å². The van der Waals surface area contributed by atoms with Crippen molar-refractivity contribution in [1.29, 1.82) is 0 Å². The van der Waals surface area contributed by atoms with Crippen LogP contribution in [-0.2, 0) is 35.2 Å². The molecule has 1 aliphatic carbocycles. The van der Waals surface area contributed by atoms with E-state index in [-0.39, 0.29) is 38.8 Å². The Balaban J connectivity index is 1.26. The van der Waals surface area contributed by atoms with E-state index in [9.17, 15) is 24.3 Å². The molecule has 0 saturated carbocycles. The molecular weight excluding hydrogens is 528 g/mol. The normalized spacial score (nSPS) is 16.7. The molecule has 1 saturated heterocycles. The van der Waals surface area contributed by atoms with Crippen molar-refractivity contribution >= 4 is 23.9 Å². The molecule has 0 radical (unpaired) electrons. The number of alkyl carbamates (subject to hydrolysis) is 1. The van der Waals surface area contributed by atoms with Gasteiger partial charge in [-0.1, -0.05) is 78.9 Å². The summed E-state index contributed by atoms with van der Waals surface area (Å²) in [5, 5.41) is 11.8. The number of carboxylic acids is 1. The minimum absolute atomic E-state index is 0.00414. The molecule has 2 aliphatic rings. The fourth-order valence-electron chi connectivity index (χ4n) is 5.17. The molecule has 1 unspecified atom stereocenters. The molecular formula is C31H30N2O8. The fourth-order valence-corrected chi connectivity index (χ4v) is 5.17. The van der Waals surface area contributed by atoms with E-state index in [0.717, 1.165) is 27.8 Å². The van der Waals surface area contributed by atoms with Crippen molar-refractivity contribution < 1.29 is 38.5 Å². The summed E-state index contributed by atoms with van der Waals surface area (Å²) in [6.07, 6.45) is -2.53. The predicted octanol–water partition coefficient (Wildman–Crippen LogP) is 3.34. The number of hydrogen-bond acceptors (Lipinski definition) is 7. The number of carbonyl (C=O) groups is 4. The van der Waals surface area contributed by atoms with Gasteiger partial charge in [0.2, 0.25) is 5.91 Å². The minimum Gasteiger partial charge on any atom is -0.479 e. The molecule has 3 aromatic rings. The molecule has 41 heavy (non-hydrogen) atoms. The Morgan fingerprint density at radius 3 is 2.20 bits per heavy atom. The quantitative estimate of drug-likeness (QED) is 0.383. The first-order valence-corrected chi connectivity index (χ1v) is 13.3. The first-order valence-electron chi connectivity index (χ1n) is 13.3. The summed E-state index contributed by atoms with van der Waals surface area (Å²) < 4.78 is 16.1. The van der Waals surface area contributed by atoms with Gasteiger partial charge in [-0.2, -0.15) is 0 Å². The third kappa shape index (κ3) is 6.55. The first-order chi connectivity index (χ1) is 19.9. The van der Waals surface area contributed by atoms with Gasteiger partial charge in [0.1, 0.15) is 19.3 Å². The molecule has 1 aliphatic heterocycles. The molecule has 0 aromatic heterocycles. The summed E-state index contributed by atoms with van der Waals surface area (Å²) in [6, 6.07) is 23.5. The highest BCUT2D eigenvalue weighted by molar-refractivity contribution is 5.90. The van der Waals surface area contributed by atoms with Crippen molar-refractivity contribution in [2.45, 2.75) is 31.1 Å². The molecule has 5 rings (SSSR count). The van der Waals surface area contributed by atoms with Crippen LogP contribution in [0.5, 0.6) is 0 Å². The third-order valence-electron chi connectivity index (χ3n) is 7.20. The summed E-state index contributed by atoms with van der Waals surface area (Å²) in [4.78, 5) is 51.8. The van der Waals surface area contributed by atoms with Gasteiger partial charge in [-0.25, -0.2) is 9.59 Å². The van der Waals surface area contributed by atoms with Crippen molar-refractivity contribution in [3.63, 3.8) is 0 Å². The van der Waals surface area contributed by atoms with Crippen LogP contribution in [-0.4, -0.2) is 72.4 Å². The molecule has 212 valence electrons. The molecule has 3 aromatic carbocycles. The number of hydrogen-bond donors (Lipinski definition) is 2. The standard InChI is InChI=1S/C31H30N2O8/c34-28(40-18-20-8-2-1-3-9-20)16-26(29(35)33-14-15-39-27(17-33)30(36)37)32-31(38)41-19-25-23-12-6-4-10-21(23)22-11-5-7-13-24(22)25/h1-13,25-27H,14-19H2,(H,32,38)(H,36,37)/t26-,27?/m0/s1. The van der Waals surface area contributed by atoms with Gasteiger partial charge in [0, 0.05) is 12.5 Å². The maximum Gasteiger partial charge on any atom is 0.407 e. The van der Waals surface area contributed by atoms with Crippen LogP contribution in [0, 0.1) is 0 Å². The number of benzene rings is 3. The van der Waals surface area contributed by atoms with Crippen molar-refractivity contribution in [2.75, 3.05) is 26.3 Å². The Bertz CT molecular complexity index is 1380. The van der Waals surface area contributed by atoms with E-state index >= 15 is 0 Å². The lowest BCUT2D eigenvalue weighted by atomic mass is 9.98. The SMILES string of the molecule is O=C(C[C@H](NC(=O)OCC1c2ccccc2-c2ccccc21)C(=O)N1CCOC(C(=O)O)C1)OCc1ccccc1. The highest BCUT2D eigenvalue weighted by Gasteiger charge is 2.35. The summed E-state index contributed by atoms with van der Waals surface area (Å²) in [7, 11) is 0. The van der Waals surface area contributed by atoms with Crippen molar-refractivity contribution in [3.8, 4) is 11.1 Å². The number of amides is 2. The number of nitrogens with zero attached hydrogens (tertiary/aromatic N) is 1. The Morgan fingerprint density at radius 1 is 0.902 bits per heavy atom. The monoisotopic (exact) mass is 558 g/mol. The van der Waals surface area contributed by atoms with Crippen LogP contribution in [0.25, 0.3) is 11.1 Å². The van der Waals surface area contributed by atoms with Gasteiger partial charge in [0.05, 0.1) is 19.6 Å². The third-order valence-corrected chi connectivity index (χ3v) is 7.20. The maximum absolute atomic E-state index is 13.4. The lowest BCUT2D eigenvalue weighted by Crippen LogP contribution is -2.55. The second kappa shape index (κ2) is 12.6. The number of nitrogens with one attached hydrogen (secondary N) is 1. The van der Waals surface area contributed by atoms with Crippen LogP contribution in [0.1, 0.15) is 29.0 Å².